The minimum Gasteiger partial charge on any atom is -0.493 e. The second-order valence-corrected chi connectivity index (χ2v) is 8.19. The lowest BCUT2D eigenvalue weighted by atomic mass is 10.1. The maximum atomic E-state index is 15.5. The number of carbonyl (C=O) groups excluding carboxylic acids is 1. The van der Waals surface area contributed by atoms with E-state index in [-0.39, 0.29) is 17.5 Å². The number of anilines is 1. The number of pyridine rings is 2. The lowest BCUT2D eigenvalue weighted by Crippen LogP contribution is -2.14. The highest BCUT2D eigenvalue weighted by atomic mass is 19.1. The Bertz CT molecular complexity index is 1660. The SMILES string of the molecule is CCOc1ncccc1C(=O)Nc1ccc2c(F)c(Oc3ccnc4cc(OC)c(OC)cc34)ccc2c1. The Morgan fingerprint density at radius 3 is 2.47 bits per heavy atom. The van der Waals surface area contributed by atoms with Crippen LogP contribution in [-0.4, -0.2) is 36.7 Å². The lowest BCUT2D eigenvalue weighted by Gasteiger charge is -2.14. The first kappa shape index (κ1) is 24.8. The molecule has 3 aromatic carbocycles. The van der Waals surface area contributed by atoms with Gasteiger partial charge in [-0.25, -0.2) is 9.37 Å². The number of aromatic nitrogens is 2. The summed E-state index contributed by atoms with van der Waals surface area (Å²) >= 11 is 0. The molecule has 192 valence electrons. The minimum atomic E-state index is -0.531. The number of fused-ring (bicyclic) bond motifs is 2. The fourth-order valence-corrected chi connectivity index (χ4v) is 4.10. The smallest absolute Gasteiger partial charge is 0.261 e. The first-order valence-corrected chi connectivity index (χ1v) is 11.8. The maximum Gasteiger partial charge on any atom is 0.261 e. The first-order valence-electron chi connectivity index (χ1n) is 11.8. The molecule has 5 rings (SSSR count). The molecule has 1 N–H and O–H groups in total. The average molecular weight is 514 g/mol. The van der Waals surface area contributed by atoms with Gasteiger partial charge in [-0.1, -0.05) is 6.07 Å². The van der Waals surface area contributed by atoms with Gasteiger partial charge < -0.3 is 24.3 Å². The van der Waals surface area contributed by atoms with Crippen molar-refractivity contribution < 1.29 is 28.1 Å². The standard InChI is InChI=1S/C29H24FN3O5/c1-4-37-29-20(6-5-12-32-29)28(34)33-18-8-9-19-17(14-18)7-10-24(27(19)30)38-23-11-13-31-22-16-26(36-3)25(35-2)15-21(22)23/h5-16H,4H2,1-3H3,(H,33,34). The Labute approximate surface area is 218 Å². The highest BCUT2D eigenvalue weighted by molar-refractivity contribution is 6.06. The molecule has 2 heterocycles. The number of nitrogens with one attached hydrogen (secondary N) is 1. The monoisotopic (exact) mass is 513 g/mol. The quantitative estimate of drug-likeness (QED) is 0.257. The molecule has 5 aromatic rings. The molecule has 38 heavy (non-hydrogen) atoms. The van der Waals surface area contributed by atoms with Crippen molar-refractivity contribution in [1.29, 1.82) is 0 Å². The molecular weight excluding hydrogens is 489 g/mol. The summed E-state index contributed by atoms with van der Waals surface area (Å²) in [5, 5.41) is 4.40. The maximum absolute atomic E-state index is 15.5. The van der Waals surface area contributed by atoms with Gasteiger partial charge in [0.2, 0.25) is 5.88 Å². The van der Waals surface area contributed by atoms with Crippen molar-refractivity contribution in [2.45, 2.75) is 6.92 Å². The average Bonchev–Trinajstić information content (AvgIpc) is 2.94. The number of hydrogen-bond donors (Lipinski definition) is 1. The van der Waals surface area contributed by atoms with Crippen LogP contribution in [0.1, 0.15) is 17.3 Å². The van der Waals surface area contributed by atoms with Gasteiger partial charge in [0.15, 0.2) is 23.1 Å². The Kier molecular flexibility index (Phi) is 6.90. The van der Waals surface area contributed by atoms with Crippen LogP contribution in [0.5, 0.6) is 28.9 Å². The third-order valence-electron chi connectivity index (χ3n) is 5.90. The van der Waals surface area contributed by atoms with Crippen molar-refractivity contribution in [3.8, 4) is 28.9 Å². The van der Waals surface area contributed by atoms with Crippen molar-refractivity contribution in [1.82, 2.24) is 9.97 Å². The number of nitrogens with zero attached hydrogens (tertiary/aromatic N) is 2. The summed E-state index contributed by atoms with van der Waals surface area (Å²) < 4.78 is 37.7. The van der Waals surface area contributed by atoms with E-state index in [9.17, 15) is 4.79 Å². The predicted octanol–water partition coefficient (Wildman–Crippen LogP) is 6.38. The number of amides is 1. The van der Waals surface area contributed by atoms with Gasteiger partial charge in [-0.15, -0.1) is 0 Å². The number of methoxy groups -OCH3 is 2. The van der Waals surface area contributed by atoms with E-state index in [0.29, 0.717) is 56.8 Å². The summed E-state index contributed by atoms with van der Waals surface area (Å²) in [7, 11) is 3.08. The van der Waals surface area contributed by atoms with E-state index in [1.165, 1.54) is 7.11 Å². The highest BCUT2D eigenvalue weighted by Gasteiger charge is 2.16. The first-order chi connectivity index (χ1) is 18.5. The normalized spacial score (nSPS) is 10.8. The van der Waals surface area contributed by atoms with Crippen LogP contribution in [-0.2, 0) is 0 Å². The van der Waals surface area contributed by atoms with E-state index in [2.05, 4.69) is 15.3 Å². The zero-order chi connectivity index (χ0) is 26.6. The molecule has 0 unspecified atom stereocenters. The van der Waals surface area contributed by atoms with E-state index in [4.69, 9.17) is 18.9 Å². The number of benzene rings is 3. The fraction of sp³-hybridized carbons (Fsp3) is 0.138. The van der Waals surface area contributed by atoms with Crippen molar-refractivity contribution in [2.75, 3.05) is 26.1 Å². The summed E-state index contributed by atoms with van der Waals surface area (Å²) in [5.41, 5.74) is 1.43. The van der Waals surface area contributed by atoms with Crippen molar-refractivity contribution in [2.24, 2.45) is 0 Å². The van der Waals surface area contributed by atoms with Crippen molar-refractivity contribution in [3.63, 3.8) is 0 Å². The molecule has 0 aliphatic heterocycles. The summed E-state index contributed by atoms with van der Waals surface area (Å²) in [4.78, 5) is 21.3. The van der Waals surface area contributed by atoms with Crippen LogP contribution in [0.15, 0.2) is 73.1 Å². The van der Waals surface area contributed by atoms with Crippen LogP contribution >= 0.6 is 0 Å². The van der Waals surface area contributed by atoms with Crippen LogP contribution in [0.3, 0.4) is 0 Å². The molecule has 8 nitrogen and oxygen atoms in total. The summed E-state index contributed by atoms with van der Waals surface area (Å²) in [6, 6.07) is 16.6. The molecule has 1 amide bonds. The second-order valence-electron chi connectivity index (χ2n) is 8.19. The molecular formula is C29H24FN3O5. The molecule has 2 aromatic heterocycles. The topological polar surface area (TPSA) is 91.8 Å². The summed E-state index contributed by atoms with van der Waals surface area (Å²) in [5.74, 6) is 0.844. The number of ether oxygens (including phenoxy) is 4. The molecule has 0 atom stereocenters. The van der Waals surface area contributed by atoms with Crippen LogP contribution < -0.4 is 24.3 Å². The van der Waals surface area contributed by atoms with Crippen LogP contribution in [0.4, 0.5) is 10.1 Å². The van der Waals surface area contributed by atoms with E-state index < -0.39 is 5.82 Å². The van der Waals surface area contributed by atoms with E-state index >= 15 is 4.39 Å². The van der Waals surface area contributed by atoms with E-state index in [1.54, 1.807) is 80.2 Å². The van der Waals surface area contributed by atoms with Crippen LogP contribution in [0, 0.1) is 5.82 Å². The Hall–Kier alpha value is -4.92. The molecule has 0 aliphatic rings. The molecule has 0 bridgehead atoms. The van der Waals surface area contributed by atoms with Gasteiger partial charge in [0.05, 0.1) is 26.3 Å². The molecule has 0 radical (unpaired) electrons. The fourth-order valence-electron chi connectivity index (χ4n) is 4.10. The number of halogens is 1. The molecule has 0 spiro atoms. The Balaban J connectivity index is 1.43. The molecule has 0 saturated carbocycles. The second kappa shape index (κ2) is 10.6. The van der Waals surface area contributed by atoms with Crippen molar-refractivity contribution in [3.05, 3.63) is 84.4 Å². The van der Waals surface area contributed by atoms with Gasteiger partial charge >= 0.3 is 0 Å². The highest BCUT2D eigenvalue weighted by Crippen LogP contribution is 2.38. The van der Waals surface area contributed by atoms with Gasteiger partial charge in [-0.3, -0.25) is 9.78 Å². The van der Waals surface area contributed by atoms with Gasteiger partial charge in [-0.05, 0) is 60.8 Å². The number of carbonyl (C=O) groups is 1. The number of rotatable bonds is 8. The third kappa shape index (κ3) is 4.73. The summed E-state index contributed by atoms with van der Waals surface area (Å²) in [6.07, 6.45) is 3.14. The van der Waals surface area contributed by atoms with Gasteiger partial charge in [0.25, 0.3) is 5.91 Å². The van der Waals surface area contributed by atoms with E-state index in [1.807, 2.05) is 6.92 Å². The van der Waals surface area contributed by atoms with Crippen molar-refractivity contribution >= 4 is 33.3 Å². The third-order valence-corrected chi connectivity index (χ3v) is 5.90. The Morgan fingerprint density at radius 2 is 1.68 bits per heavy atom. The van der Waals surface area contributed by atoms with Gasteiger partial charge in [0.1, 0.15) is 11.3 Å². The molecule has 0 aliphatic carbocycles. The predicted molar refractivity (Wildman–Crippen MR) is 142 cm³/mol. The van der Waals surface area contributed by atoms with Gasteiger partial charge in [0, 0.05) is 34.9 Å². The van der Waals surface area contributed by atoms with Crippen LogP contribution in [0.25, 0.3) is 21.7 Å². The molecule has 0 fully saturated rings. The van der Waals surface area contributed by atoms with Crippen LogP contribution in [0.2, 0.25) is 0 Å². The minimum absolute atomic E-state index is 0.0493. The zero-order valence-electron chi connectivity index (χ0n) is 20.9. The largest absolute Gasteiger partial charge is 0.493 e. The Morgan fingerprint density at radius 1 is 0.868 bits per heavy atom. The molecule has 0 saturated heterocycles. The molecule has 9 heteroatoms. The number of hydrogen-bond acceptors (Lipinski definition) is 7. The van der Waals surface area contributed by atoms with Gasteiger partial charge in [-0.2, -0.15) is 0 Å². The van der Waals surface area contributed by atoms with E-state index in [0.717, 1.165) is 0 Å². The lowest BCUT2D eigenvalue weighted by molar-refractivity contribution is 0.102. The summed E-state index contributed by atoms with van der Waals surface area (Å²) in [6.45, 7) is 2.20. The zero-order valence-corrected chi connectivity index (χ0v) is 20.9.